The maximum Gasteiger partial charge on any atom is 0.193 e. The molecule has 5 nitrogen and oxygen atoms in total. The molecule has 1 N–H and O–H groups in total. The molecule has 2 unspecified atom stereocenters. The standard InChI is InChI=1S/C21H37N5S.HI/c1-17(2)16-25-10-12-26(13-11-25)21(22-3)23-15-18-7-5-9-24(4)20(18)19-8-6-14-27-19;/h6,8,14,17-18,20H,5,7,9-13,15-16H2,1-4H3,(H,22,23);1H. The summed E-state index contributed by atoms with van der Waals surface area (Å²) in [5.41, 5.74) is 0. The first-order chi connectivity index (χ1) is 13.1. The first kappa shape index (κ1) is 23.9. The second kappa shape index (κ2) is 11.7. The highest BCUT2D eigenvalue weighted by molar-refractivity contribution is 14.0. The van der Waals surface area contributed by atoms with E-state index in [1.165, 1.54) is 30.8 Å². The van der Waals surface area contributed by atoms with Gasteiger partial charge in [-0.1, -0.05) is 19.9 Å². The number of thiophene rings is 1. The number of halogens is 1. The van der Waals surface area contributed by atoms with Gasteiger partial charge in [-0.25, -0.2) is 0 Å². The van der Waals surface area contributed by atoms with E-state index in [0.29, 0.717) is 12.0 Å². The Morgan fingerprint density at radius 3 is 2.61 bits per heavy atom. The first-order valence-corrected chi connectivity index (χ1v) is 11.4. The Hall–Kier alpha value is -0.380. The topological polar surface area (TPSA) is 34.1 Å². The SMILES string of the molecule is CN=C(NCC1CCCN(C)C1c1cccs1)N1CCN(CC(C)C)CC1.I. The van der Waals surface area contributed by atoms with Crippen molar-refractivity contribution >= 4 is 41.3 Å². The molecule has 3 heterocycles. The van der Waals surface area contributed by atoms with Gasteiger partial charge >= 0.3 is 0 Å². The van der Waals surface area contributed by atoms with Crippen molar-refractivity contribution < 1.29 is 0 Å². The Bertz CT molecular complexity index is 584. The zero-order valence-electron chi connectivity index (χ0n) is 17.9. The van der Waals surface area contributed by atoms with Gasteiger partial charge in [-0.3, -0.25) is 14.8 Å². The zero-order chi connectivity index (χ0) is 19.2. The lowest BCUT2D eigenvalue weighted by molar-refractivity contribution is 0.123. The third kappa shape index (κ3) is 6.31. The quantitative estimate of drug-likeness (QED) is 0.366. The van der Waals surface area contributed by atoms with Gasteiger partial charge in [-0.15, -0.1) is 35.3 Å². The van der Waals surface area contributed by atoms with Gasteiger partial charge in [-0.2, -0.15) is 0 Å². The van der Waals surface area contributed by atoms with Gasteiger partial charge in [0.2, 0.25) is 0 Å². The van der Waals surface area contributed by atoms with Crippen LogP contribution in [-0.2, 0) is 0 Å². The van der Waals surface area contributed by atoms with E-state index in [1.54, 1.807) is 0 Å². The minimum Gasteiger partial charge on any atom is -0.356 e. The predicted octanol–water partition coefficient (Wildman–Crippen LogP) is 3.60. The molecule has 3 rings (SSSR count). The highest BCUT2D eigenvalue weighted by atomic mass is 127. The number of piperazine rings is 1. The molecule has 1 aromatic rings. The molecule has 0 spiro atoms. The van der Waals surface area contributed by atoms with Crippen molar-refractivity contribution in [1.82, 2.24) is 20.0 Å². The van der Waals surface area contributed by atoms with E-state index >= 15 is 0 Å². The Labute approximate surface area is 192 Å². The van der Waals surface area contributed by atoms with Crippen LogP contribution in [0.5, 0.6) is 0 Å². The lowest BCUT2D eigenvalue weighted by atomic mass is 9.88. The van der Waals surface area contributed by atoms with Crippen LogP contribution in [-0.4, -0.2) is 80.6 Å². The molecular weight excluding hydrogens is 481 g/mol. The number of likely N-dealkylation sites (tertiary alicyclic amines) is 1. The van der Waals surface area contributed by atoms with Crippen molar-refractivity contribution in [1.29, 1.82) is 0 Å². The van der Waals surface area contributed by atoms with E-state index in [0.717, 1.165) is 44.6 Å². The summed E-state index contributed by atoms with van der Waals surface area (Å²) < 4.78 is 0. The molecule has 2 fully saturated rings. The minimum absolute atomic E-state index is 0. The molecule has 7 heteroatoms. The molecule has 2 aliphatic rings. The monoisotopic (exact) mass is 519 g/mol. The predicted molar refractivity (Wildman–Crippen MR) is 132 cm³/mol. The summed E-state index contributed by atoms with van der Waals surface area (Å²) in [7, 11) is 4.20. The van der Waals surface area contributed by atoms with Gasteiger partial charge in [0.05, 0.1) is 0 Å². The number of hydrogen-bond donors (Lipinski definition) is 1. The normalized spacial score (nSPS) is 25.0. The van der Waals surface area contributed by atoms with Gasteiger partial charge in [-0.05, 0) is 49.7 Å². The van der Waals surface area contributed by atoms with Crippen molar-refractivity contribution in [3.8, 4) is 0 Å². The summed E-state index contributed by atoms with van der Waals surface area (Å²) in [6.07, 6.45) is 2.58. The smallest absolute Gasteiger partial charge is 0.193 e. The molecule has 0 aromatic carbocycles. The summed E-state index contributed by atoms with van der Waals surface area (Å²) in [5.74, 6) is 2.46. The molecule has 28 heavy (non-hydrogen) atoms. The minimum atomic E-state index is 0. The fraction of sp³-hybridized carbons (Fsp3) is 0.762. The van der Waals surface area contributed by atoms with Crippen molar-refractivity contribution in [2.24, 2.45) is 16.8 Å². The van der Waals surface area contributed by atoms with E-state index in [-0.39, 0.29) is 24.0 Å². The Balaban J connectivity index is 0.00000280. The Morgan fingerprint density at radius 2 is 2.00 bits per heavy atom. The molecule has 2 aliphatic heterocycles. The summed E-state index contributed by atoms with van der Waals surface area (Å²) in [5, 5.41) is 5.92. The van der Waals surface area contributed by atoms with Crippen LogP contribution >= 0.6 is 35.3 Å². The third-order valence-electron chi connectivity index (χ3n) is 5.87. The highest BCUT2D eigenvalue weighted by Crippen LogP contribution is 2.36. The first-order valence-electron chi connectivity index (χ1n) is 10.5. The average Bonchev–Trinajstić information content (AvgIpc) is 3.17. The van der Waals surface area contributed by atoms with Gasteiger partial charge in [0.15, 0.2) is 5.96 Å². The molecule has 2 saturated heterocycles. The molecule has 0 aliphatic carbocycles. The number of hydrogen-bond acceptors (Lipinski definition) is 4. The maximum atomic E-state index is 4.59. The van der Waals surface area contributed by atoms with Crippen molar-refractivity contribution in [2.45, 2.75) is 32.7 Å². The molecular formula is C21H38IN5S. The van der Waals surface area contributed by atoms with Gasteiger partial charge < -0.3 is 10.2 Å². The van der Waals surface area contributed by atoms with E-state index < -0.39 is 0 Å². The van der Waals surface area contributed by atoms with Crippen LogP contribution in [0.3, 0.4) is 0 Å². The molecule has 1 aromatic heterocycles. The second-order valence-electron chi connectivity index (χ2n) is 8.45. The van der Waals surface area contributed by atoms with E-state index in [1.807, 2.05) is 18.4 Å². The van der Waals surface area contributed by atoms with Crippen molar-refractivity contribution in [3.63, 3.8) is 0 Å². The fourth-order valence-electron chi connectivity index (χ4n) is 4.60. The molecule has 160 valence electrons. The van der Waals surface area contributed by atoms with E-state index in [4.69, 9.17) is 0 Å². The molecule has 2 atom stereocenters. The van der Waals surface area contributed by atoms with Crippen LogP contribution < -0.4 is 5.32 Å². The lowest BCUT2D eigenvalue weighted by Crippen LogP contribution is -2.54. The summed E-state index contributed by atoms with van der Waals surface area (Å²) in [4.78, 5) is 13.6. The second-order valence-corrected chi connectivity index (χ2v) is 9.43. The van der Waals surface area contributed by atoms with Gasteiger partial charge in [0.1, 0.15) is 0 Å². The summed E-state index contributed by atoms with van der Waals surface area (Å²) in [6, 6.07) is 5.02. The van der Waals surface area contributed by atoms with Crippen LogP contribution in [0.4, 0.5) is 0 Å². The van der Waals surface area contributed by atoms with E-state index in [2.05, 4.69) is 63.4 Å². The fourth-order valence-corrected chi connectivity index (χ4v) is 5.58. The maximum absolute atomic E-state index is 4.59. The van der Waals surface area contributed by atoms with Crippen molar-refractivity contribution in [2.75, 3.05) is 59.9 Å². The Kier molecular flexibility index (Phi) is 10.00. The van der Waals surface area contributed by atoms with Crippen LogP contribution in [0.2, 0.25) is 0 Å². The number of nitrogens with one attached hydrogen (secondary N) is 1. The average molecular weight is 520 g/mol. The van der Waals surface area contributed by atoms with Crippen LogP contribution in [0.25, 0.3) is 0 Å². The van der Waals surface area contributed by atoms with Crippen LogP contribution in [0.15, 0.2) is 22.5 Å². The molecule has 0 radical (unpaired) electrons. The van der Waals surface area contributed by atoms with Gasteiger partial charge in [0, 0.05) is 57.2 Å². The number of nitrogens with zero attached hydrogens (tertiary/aromatic N) is 4. The third-order valence-corrected chi connectivity index (χ3v) is 6.81. The number of piperidine rings is 1. The number of rotatable bonds is 5. The highest BCUT2D eigenvalue weighted by Gasteiger charge is 2.31. The van der Waals surface area contributed by atoms with E-state index in [9.17, 15) is 0 Å². The molecule has 0 amide bonds. The van der Waals surface area contributed by atoms with Crippen LogP contribution in [0, 0.1) is 11.8 Å². The van der Waals surface area contributed by atoms with Crippen molar-refractivity contribution in [3.05, 3.63) is 22.4 Å². The summed E-state index contributed by atoms with van der Waals surface area (Å²) in [6.45, 7) is 12.5. The largest absolute Gasteiger partial charge is 0.356 e. The Morgan fingerprint density at radius 1 is 1.25 bits per heavy atom. The van der Waals surface area contributed by atoms with Crippen LogP contribution in [0.1, 0.15) is 37.6 Å². The summed E-state index contributed by atoms with van der Waals surface area (Å²) >= 11 is 1.89. The molecule has 0 bridgehead atoms. The molecule has 0 saturated carbocycles. The number of aliphatic imine (C=N–C) groups is 1. The lowest BCUT2D eigenvalue weighted by Gasteiger charge is -2.40. The van der Waals surface area contributed by atoms with Gasteiger partial charge in [0.25, 0.3) is 0 Å². The number of guanidine groups is 1. The zero-order valence-corrected chi connectivity index (χ0v) is 21.1.